The second-order valence-corrected chi connectivity index (χ2v) is 10.2. The highest BCUT2D eigenvalue weighted by atomic mass is 32.2. The van der Waals surface area contributed by atoms with E-state index in [1.54, 1.807) is 36.8 Å². The zero-order valence-corrected chi connectivity index (χ0v) is 21.7. The van der Waals surface area contributed by atoms with Crippen LogP contribution in [-0.4, -0.2) is 35.9 Å². The number of hydrogen-bond donors (Lipinski definition) is 3. The molecular weight excluding hydrogens is 502 g/mol. The fourth-order valence-electron chi connectivity index (χ4n) is 3.84. The number of aryl methyl sites for hydroxylation is 1. The average Bonchev–Trinajstić information content (AvgIpc) is 3.75. The van der Waals surface area contributed by atoms with Gasteiger partial charge in [0, 0.05) is 46.7 Å². The first-order valence-corrected chi connectivity index (χ1v) is 13.6. The summed E-state index contributed by atoms with van der Waals surface area (Å²) in [7, 11) is -2.61. The molecule has 38 heavy (non-hydrogen) atoms. The van der Waals surface area contributed by atoms with Gasteiger partial charge in [0.2, 0.25) is 5.95 Å². The first kappa shape index (κ1) is 25.3. The standard InChI is InChI=1S/C28H27N5O4S/c1-18-4-9-23(14-25(18)33-28-30-12-10-24(32-28)21-3-2-11-29-15-21)31-27(34)20-7-8-22(17-38(35)36)26(13-20)37-16-19-5-6-19/h2-4,7-15,19,38H,5-6,16-17H2,1H3,(H,31,34)(H,30,32,33). The largest absolute Gasteiger partial charge is 0.493 e. The third-order valence-corrected chi connectivity index (χ3v) is 6.75. The van der Waals surface area contributed by atoms with E-state index < -0.39 is 10.7 Å². The molecule has 0 aliphatic heterocycles. The predicted octanol–water partition coefficient (Wildman–Crippen LogP) is 4.74. The molecule has 2 aromatic carbocycles. The Morgan fingerprint density at radius 2 is 1.95 bits per heavy atom. The Balaban J connectivity index is 1.32. The van der Waals surface area contributed by atoms with Gasteiger partial charge in [-0.25, -0.2) is 18.4 Å². The molecule has 1 aliphatic rings. The third kappa shape index (κ3) is 6.51. The quantitative estimate of drug-likeness (QED) is 0.252. The summed E-state index contributed by atoms with van der Waals surface area (Å²) >= 11 is 0. The normalized spacial score (nSPS) is 12.8. The highest BCUT2D eigenvalue weighted by Gasteiger charge is 2.23. The molecule has 0 unspecified atom stereocenters. The number of carbonyl (C=O) groups is 1. The Kier molecular flexibility index (Phi) is 7.60. The van der Waals surface area contributed by atoms with Crippen molar-refractivity contribution in [3.63, 3.8) is 0 Å². The van der Waals surface area contributed by atoms with Gasteiger partial charge in [0.1, 0.15) is 16.5 Å². The van der Waals surface area contributed by atoms with Gasteiger partial charge in [0.05, 0.1) is 18.1 Å². The number of nitrogens with zero attached hydrogens (tertiary/aromatic N) is 3. The number of ether oxygens (including phenoxy) is 1. The number of carbonyl (C=O) groups excluding carboxylic acids is 1. The minimum atomic E-state index is -2.61. The van der Waals surface area contributed by atoms with E-state index in [9.17, 15) is 13.2 Å². The second-order valence-electron chi connectivity index (χ2n) is 9.18. The number of amides is 1. The number of rotatable bonds is 10. The van der Waals surface area contributed by atoms with Crippen molar-refractivity contribution in [1.29, 1.82) is 0 Å². The van der Waals surface area contributed by atoms with Gasteiger partial charge in [-0.2, -0.15) is 0 Å². The van der Waals surface area contributed by atoms with E-state index in [1.807, 2.05) is 43.3 Å². The van der Waals surface area contributed by atoms with Crippen LogP contribution >= 0.6 is 0 Å². The third-order valence-electron chi connectivity index (χ3n) is 6.16. The molecule has 10 heteroatoms. The lowest BCUT2D eigenvalue weighted by molar-refractivity contribution is 0.102. The van der Waals surface area contributed by atoms with Crippen LogP contribution in [0, 0.1) is 12.8 Å². The van der Waals surface area contributed by atoms with Crippen LogP contribution in [0.3, 0.4) is 0 Å². The molecule has 194 valence electrons. The number of pyridine rings is 1. The van der Waals surface area contributed by atoms with Crippen molar-refractivity contribution < 1.29 is 17.9 Å². The van der Waals surface area contributed by atoms with Gasteiger partial charge in [-0.15, -0.1) is 0 Å². The Labute approximate surface area is 222 Å². The van der Waals surface area contributed by atoms with Gasteiger partial charge in [-0.1, -0.05) is 12.1 Å². The first-order valence-electron chi connectivity index (χ1n) is 12.2. The fourth-order valence-corrected chi connectivity index (χ4v) is 4.38. The Hall–Kier alpha value is -4.31. The molecule has 0 bridgehead atoms. The van der Waals surface area contributed by atoms with Crippen molar-refractivity contribution in [2.75, 3.05) is 17.2 Å². The first-order chi connectivity index (χ1) is 18.4. The molecule has 0 radical (unpaired) electrons. The van der Waals surface area contributed by atoms with Crippen molar-refractivity contribution in [1.82, 2.24) is 15.0 Å². The molecule has 1 aliphatic carbocycles. The number of benzene rings is 2. The van der Waals surface area contributed by atoms with Crippen LogP contribution < -0.4 is 15.4 Å². The molecular formula is C28H27N5O4S. The van der Waals surface area contributed by atoms with Crippen LogP contribution in [0.25, 0.3) is 11.3 Å². The van der Waals surface area contributed by atoms with Crippen LogP contribution in [0.4, 0.5) is 17.3 Å². The summed E-state index contributed by atoms with van der Waals surface area (Å²) in [6, 6.07) is 16.0. The second kappa shape index (κ2) is 11.4. The molecule has 2 heterocycles. The van der Waals surface area contributed by atoms with Gasteiger partial charge in [-0.3, -0.25) is 9.78 Å². The summed E-state index contributed by atoms with van der Waals surface area (Å²) in [5.41, 5.74) is 4.82. The lowest BCUT2D eigenvalue weighted by Gasteiger charge is -2.14. The van der Waals surface area contributed by atoms with Crippen LogP contribution in [0.2, 0.25) is 0 Å². The lowest BCUT2D eigenvalue weighted by atomic mass is 10.1. The molecule has 1 fully saturated rings. The molecule has 2 N–H and O–H groups in total. The number of hydrogen-bond acceptors (Lipinski definition) is 8. The summed E-state index contributed by atoms with van der Waals surface area (Å²) in [5, 5.41) is 6.14. The van der Waals surface area contributed by atoms with E-state index in [-0.39, 0.29) is 11.7 Å². The number of thiol groups is 1. The van der Waals surface area contributed by atoms with Crippen LogP contribution in [-0.2, 0) is 16.5 Å². The smallest absolute Gasteiger partial charge is 0.255 e. The summed E-state index contributed by atoms with van der Waals surface area (Å²) < 4.78 is 28.5. The molecule has 9 nitrogen and oxygen atoms in total. The maximum absolute atomic E-state index is 13.1. The average molecular weight is 530 g/mol. The van der Waals surface area contributed by atoms with Crippen molar-refractivity contribution in [3.05, 3.63) is 89.9 Å². The maximum Gasteiger partial charge on any atom is 0.255 e. The van der Waals surface area contributed by atoms with E-state index in [0.29, 0.717) is 41.0 Å². The van der Waals surface area contributed by atoms with E-state index >= 15 is 0 Å². The van der Waals surface area contributed by atoms with Crippen LogP contribution in [0.1, 0.15) is 34.3 Å². The van der Waals surface area contributed by atoms with Gasteiger partial charge in [0.15, 0.2) is 0 Å². The monoisotopic (exact) mass is 529 g/mol. The molecule has 5 rings (SSSR count). The highest BCUT2D eigenvalue weighted by Crippen LogP contribution is 2.31. The number of aromatic nitrogens is 3. The van der Waals surface area contributed by atoms with Crippen molar-refractivity contribution in [2.24, 2.45) is 5.92 Å². The predicted molar refractivity (Wildman–Crippen MR) is 146 cm³/mol. The molecule has 2 aromatic heterocycles. The molecule has 0 atom stereocenters. The minimum Gasteiger partial charge on any atom is -0.493 e. The lowest BCUT2D eigenvalue weighted by Crippen LogP contribution is -2.13. The van der Waals surface area contributed by atoms with Crippen molar-refractivity contribution in [3.8, 4) is 17.0 Å². The van der Waals surface area contributed by atoms with Gasteiger partial charge < -0.3 is 15.4 Å². The van der Waals surface area contributed by atoms with E-state index in [1.165, 1.54) is 0 Å². The van der Waals surface area contributed by atoms with Crippen molar-refractivity contribution in [2.45, 2.75) is 25.5 Å². The van der Waals surface area contributed by atoms with Crippen molar-refractivity contribution >= 4 is 33.9 Å². The zero-order valence-electron chi connectivity index (χ0n) is 20.8. The number of nitrogens with one attached hydrogen (secondary N) is 2. The maximum atomic E-state index is 13.1. The molecule has 0 spiro atoms. The van der Waals surface area contributed by atoms with Crippen LogP contribution in [0.15, 0.2) is 73.2 Å². The Morgan fingerprint density at radius 1 is 1.08 bits per heavy atom. The summed E-state index contributed by atoms with van der Waals surface area (Å²) in [6.07, 6.45) is 7.33. The van der Waals surface area contributed by atoms with E-state index in [4.69, 9.17) is 4.74 Å². The Bertz CT molecular complexity index is 1530. The summed E-state index contributed by atoms with van der Waals surface area (Å²) in [5.74, 6) is 0.884. The zero-order chi connectivity index (χ0) is 26.5. The topological polar surface area (TPSA) is 123 Å². The SMILES string of the molecule is Cc1ccc(NC(=O)c2ccc(C[SH](=O)=O)c(OCC3CC3)c2)cc1Nc1nccc(-c2cccnc2)n1. The molecule has 0 saturated heterocycles. The van der Waals surface area contributed by atoms with E-state index in [2.05, 4.69) is 25.6 Å². The summed E-state index contributed by atoms with van der Waals surface area (Å²) in [4.78, 5) is 26.1. The van der Waals surface area contributed by atoms with Gasteiger partial charge in [0.25, 0.3) is 5.91 Å². The minimum absolute atomic E-state index is 0.131. The van der Waals surface area contributed by atoms with Gasteiger partial charge >= 0.3 is 0 Å². The Morgan fingerprint density at radius 3 is 2.71 bits per heavy atom. The fraction of sp³-hybridized carbons (Fsp3) is 0.214. The van der Waals surface area contributed by atoms with E-state index in [0.717, 1.165) is 35.3 Å². The molecule has 4 aromatic rings. The van der Waals surface area contributed by atoms with Crippen LogP contribution in [0.5, 0.6) is 5.75 Å². The highest BCUT2D eigenvalue weighted by molar-refractivity contribution is 7.71. The van der Waals surface area contributed by atoms with Gasteiger partial charge in [-0.05, 0) is 73.7 Å². The summed E-state index contributed by atoms with van der Waals surface area (Å²) in [6.45, 7) is 2.46. The number of anilines is 3. The molecule has 1 saturated carbocycles. The molecule has 1 amide bonds.